The summed E-state index contributed by atoms with van der Waals surface area (Å²) < 4.78 is 26.0. The topological polar surface area (TPSA) is 87.6 Å². The summed E-state index contributed by atoms with van der Waals surface area (Å²) in [5.41, 5.74) is 0.123. The van der Waals surface area contributed by atoms with Gasteiger partial charge in [0.25, 0.3) is 0 Å². The lowest BCUT2D eigenvalue weighted by Crippen LogP contribution is -2.45. The average Bonchev–Trinajstić information content (AvgIpc) is 2.47. The first kappa shape index (κ1) is 15.9. The number of piperidine rings is 1. The van der Waals surface area contributed by atoms with E-state index in [9.17, 15) is 13.2 Å². The molecule has 1 saturated heterocycles. The van der Waals surface area contributed by atoms with E-state index in [2.05, 4.69) is 4.98 Å². The number of carboxylic acid groups (broad SMARTS) is 1. The van der Waals surface area contributed by atoms with Gasteiger partial charge in [0.05, 0.1) is 11.2 Å². The zero-order valence-corrected chi connectivity index (χ0v) is 12.8. The van der Waals surface area contributed by atoms with E-state index in [0.29, 0.717) is 19.3 Å². The van der Waals surface area contributed by atoms with Gasteiger partial charge in [0.15, 0.2) is 0 Å². The lowest BCUT2D eigenvalue weighted by molar-refractivity contribution is -0.150. The Kier molecular flexibility index (Phi) is 4.63. The Hall–Kier alpha value is -1.47. The van der Waals surface area contributed by atoms with Crippen molar-refractivity contribution in [2.75, 3.05) is 18.8 Å². The number of nitrogens with zero attached hydrogens (tertiary/aromatic N) is 2. The van der Waals surface area contributed by atoms with Gasteiger partial charge < -0.3 is 5.11 Å². The Morgan fingerprint density at radius 2 is 1.90 bits per heavy atom. The molecule has 1 aliphatic heterocycles. The summed E-state index contributed by atoms with van der Waals surface area (Å²) in [6, 6.07) is 3.60. The van der Waals surface area contributed by atoms with Crippen LogP contribution >= 0.6 is 0 Å². The predicted octanol–water partition coefficient (Wildman–Crippen LogP) is 1.14. The maximum absolute atomic E-state index is 12.3. The van der Waals surface area contributed by atoms with Crippen molar-refractivity contribution < 1.29 is 18.3 Å². The maximum atomic E-state index is 12.3. The van der Waals surface area contributed by atoms with E-state index < -0.39 is 21.4 Å². The van der Waals surface area contributed by atoms with Crippen LogP contribution in [0.4, 0.5) is 0 Å². The molecule has 1 fully saturated rings. The Labute approximate surface area is 124 Å². The molecule has 0 amide bonds. The molecule has 6 nitrogen and oxygen atoms in total. The lowest BCUT2D eigenvalue weighted by atomic mass is 9.81. The van der Waals surface area contributed by atoms with Crippen molar-refractivity contribution in [3.63, 3.8) is 0 Å². The van der Waals surface area contributed by atoms with Gasteiger partial charge in [-0.05, 0) is 43.9 Å². The van der Waals surface area contributed by atoms with Crippen LogP contribution < -0.4 is 0 Å². The third kappa shape index (κ3) is 3.79. The molecule has 0 spiro atoms. The fraction of sp³-hybridized carbons (Fsp3) is 0.571. The summed E-state index contributed by atoms with van der Waals surface area (Å²) in [6.07, 6.45) is 4.44. The number of aryl methyl sites for hydroxylation is 1. The van der Waals surface area contributed by atoms with E-state index in [0.717, 1.165) is 5.56 Å². The molecule has 1 aliphatic rings. The van der Waals surface area contributed by atoms with Gasteiger partial charge in [0.2, 0.25) is 10.0 Å². The molecule has 1 aromatic rings. The van der Waals surface area contributed by atoms with Gasteiger partial charge in [-0.2, -0.15) is 0 Å². The van der Waals surface area contributed by atoms with E-state index in [-0.39, 0.29) is 18.8 Å². The quantitative estimate of drug-likeness (QED) is 0.881. The van der Waals surface area contributed by atoms with Gasteiger partial charge >= 0.3 is 5.97 Å². The molecule has 2 rings (SSSR count). The van der Waals surface area contributed by atoms with E-state index in [1.807, 2.05) is 0 Å². The van der Waals surface area contributed by atoms with Crippen LogP contribution in [0.2, 0.25) is 0 Å². The van der Waals surface area contributed by atoms with Crippen LogP contribution in [0.15, 0.2) is 24.5 Å². The molecular weight excluding hydrogens is 292 g/mol. The molecule has 0 bridgehead atoms. The van der Waals surface area contributed by atoms with Crippen LogP contribution in [-0.4, -0.2) is 47.6 Å². The molecule has 0 aromatic carbocycles. The smallest absolute Gasteiger partial charge is 0.309 e. The molecule has 7 heteroatoms. The van der Waals surface area contributed by atoms with Crippen LogP contribution in [-0.2, 0) is 21.2 Å². The van der Waals surface area contributed by atoms with Crippen LogP contribution in [0.3, 0.4) is 0 Å². The minimum atomic E-state index is -3.34. The third-order valence-corrected chi connectivity index (χ3v) is 6.01. The molecule has 0 radical (unpaired) electrons. The van der Waals surface area contributed by atoms with Crippen molar-refractivity contribution in [2.45, 2.75) is 26.2 Å². The van der Waals surface area contributed by atoms with E-state index in [4.69, 9.17) is 5.11 Å². The average molecular weight is 312 g/mol. The standard InChI is InChI=1S/C14H20N2O4S/c1-14(13(17)18)5-9-16(10-6-14)21(19,20)11-4-12-2-7-15-8-3-12/h2-3,7-8H,4-6,9-11H2,1H3,(H,17,18). The maximum Gasteiger partial charge on any atom is 0.309 e. The van der Waals surface area contributed by atoms with Crippen molar-refractivity contribution in [3.8, 4) is 0 Å². The second-order valence-electron chi connectivity index (χ2n) is 5.69. The number of carboxylic acids is 1. The first-order valence-electron chi connectivity index (χ1n) is 6.94. The molecule has 2 heterocycles. The minimum Gasteiger partial charge on any atom is -0.481 e. The summed E-state index contributed by atoms with van der Waals surface area (Å²) in [7, 11) is -3.34. The summed E-state index contributed by atoms with van der Waals surface area (Å²) in [5.74, 6) is -0.808. The fourth-order valence-corrected chi connectivity index (χ4v) is 3.89. The summed E-state index contributed by atoms with van der Waals surface area (Å²) >= 11 is 0. The summed E-state index contributed by atoms with van der Waals surface area (Å²) in [4.78, 5) is 15.1. The van der Waals surface area contributed by atoms with E-state index >= 15 is 0 Å². The highest BCUT2D eigenvalue weighted by molar-refractivity contribution is 7.89. The first-order chi connectivity index (χ1) is 9.83. The number of hydrogen-bond acceptors (Lipinski definition) is 4. The highest BCUT2D eigenvalue weighted by Gasteiger charge is 2.39. The van der Waals surface area contributed by atoms with Gasteiger partial charge in [0, 0.05) is 25.5 Å². The third-order valence-electron chi connectivity index (χ3n) is 4.13. The van der Waals surface area contributed by atoms with Crippen molar-refractivity contribution in [1.29, 1.82) is 0 Å². The molecule has 0 aliphatic carbocycles. The van der Waals surface area contributed by atoms with Crippen molar-refractivity contribution in [1.82, 2.24) is 9.29 Å². The number of hydrogen-bond donors (Lipinski definition) is 1. The lowest BCUT2D eigenvalue weighted by Gasteiger charge is -2.35. The Morgan fingerprint density at radius 3 is 2.43 bits per heavy atom. The molecule has 0 atom stereocenters. The van der Waals surface area contributed by atoms with Gasteiger partial charge in [-0.25, -0.2) is 12.7 Å². The minimum absolute atomic E-state index is 0.0425. The fourth-order valence-electron chi connectivity index (χ4n) is 2.40. The number of aliphatic carboxylic acids is 1. The first-order valence-corrected chi connectivity index (χ1v) is 8.55. The molecular formula is C14H20N2O4S. The van der Waals surface area contributed by atoms with Crippen LogP contribution in [0.1, 0.15) is 25.3 Å². The van der Waals surface area contributed by atoms with Crippen LogP contribution in [0.25, 0.3) is 0 Å². The van der Waals surface area contributed by atoms with E-state index in [1.165, 1.54) is 4.31 Å². The Balaban J connectivity index is 1.94. The molecule has 0 unspecified atom stereocenters. The molecule has 1 aromatic heterocycles. The molecule has 21 heavy (non-hydrogen) atoms. The Bertz CT molecular complexity index is 593. The van der Waals surface area contributed by atoms with Gasteiger partial charge in [-0.15, -0.1) is 0 Å². The molecule has 0 saturated carbocycles. The Morgan fingerprint density at radius 1 is 1.33 bits per heavy atom. The number of carbonyl (C=O) groups is 1. The van der Waals surface area contributed by atoms with E-state index in [1.54, 1.807) is 31.5 Å². The summed E-state index contributed by atoms with van der Waals surface area (Å²) in [5, 5.41) is 9.16. The molecule has 1 N–H and O–H groups in total. The normalized spacial score (nSPS) is 19.3. The zero-order chi connectivity index (χ0) is 15.5. The zero-order valence-electron chi connectivity index (χ0n) is 12.0. The number of aromatic nitrogens is 1. The summed E-state index contributed by atoms with van der Waals surface area (Å²) in [6.45, 7) is 2.24. The number of pyridine rings is 1. The largest absolute Gasteiger partial charge is 0.481 e. The van der Waals surface area contributed by atoms with Crippen molar-refractivity contribution in [3.05, 3.63) is 30.1 Å². The van der Waals surface area contributed by atoms with Crippen molar-refractivity contribution >= 4 is 16.0 Å². The van der Waals surface area contributed by atoms with Crippen LogP contribution in [0.5, 0.6) is 0 Å². The van der Waals surface area contributed by atoms with Gasteiger partial charge in [0.1, 0.15) is 0 Å². The number of sulfonamides is 1. The highest BCUT2D eigenvalue weighted by atomic mass is 32.2. The second-order valence-corrected chi connectivity index (χ2v) is 7.77. The predicted molar refractivity (Wildman–Crippen MR) is 78.3 cm³/mol. The monoisotopic (exact) mass is 312 g/mol. The van der Waals surface area contributed by atoms with Gasteiger partial charge in [-0.3, -0.25) is 9.78 Å². The highest BCUT2D eigenvalue weighted by Crippen LogP contribution is 2.32. The second kappa shape index (κ2) is 6.11. The van der Waals surface area contributed by atoms with Crippen LogP contribution in [0, 0.1) is 5.41 Å². The van der Waals surface area contributed by atoms with Crippen molar-refractivity contribution in [2.24, 2.45) is 5.41 Å². The molecule has 116 valence electrons. The van der Waals surface area contributed by atoms with Gasteiger partial charge in [-0.1, -0.05) is 0 Å². The SMILES string of the molecule is CC1(C(=O)O)CCN(S(=O)(=O)CCc2ccncc2)CC1. The number of rotatable bonds is 5.